The Morgan fingerprint density at radius 1 is 1.24 bits per heavy atom. The van der Waals surface area contributed by atoms with Crippen LogP contribution in [0.4, 0.5) is 0 Å². The zero-order valence-corrected chi connectivity index (χ0v) is 11.6. The zero-order chi connectivity index (χ0) is 14.4. The van der Waals surface area contributed by atoms with Crippen molar-refractivity contribution in [3.8, 4) is 0 Å². The fourth-order valence-electron chi connectivity index (χ4n) is 3.39. The summed E-state index contributed by atoms with van der Waals surface area (Å²) >= 11 is 0. The molecule has 108 valence electrons. The van der Waals surface area contributed by atoms with Gasteiger partial charge < -0.3 is 14.7 Å². The Morgan fingerprint density at radius 2 is 2.05 bits per heavy atom. The molecule has 2 aromatic rings. The number of para-hydroxylation sites is 1. The van der Waals surface area contributed by atoms with Gasteiger partial charge in [0.15, 0.2) is 5.76 Å². The van der Waals surface area contributed by atoms with Crippen LogP contribution in [-0.4, -0.2) is 21.9 Å². The summed E-state index contributed by atoms with van der Waals surface area (Å²) in [6.45, 7) is 0. The molecule has 0 spiro atoms. The molecule has 2 atom stereocenters. The SMILES string of the molecule is O=[N+]1C=C(c2cc3ccccc3o2)N([O-])[C@H]2CCCC[C@H]21. The molecule has 2 heterocycles. The van der Waals surface area contributed by atoms with Crippen molar-refractivity contribution in [1.82, 2.24) is 5.06 Å². The van der Waals surface area contributed by atoms with Crippen LogP contribution in [0.2, 0.25) is 0 Å². The van der Waals surface area contributed by atoms with Crippen LogP contribution >= 0.6 is 0 Å². The molecule has 0 radical (unpaired) electrons. The normalized spacial score (nSPS) is 25.9. The number of nitroso groups, excluding NO2 is 1. The average molecular weight is 284 g/mol. The molecule has 2 aliphatic rings. The number of benzene rings is 1. The van der Waals surface area contributed by atoms with E-state index in [1.54, 1.807) is 0 Å². The minimum absolute atomic E-state index is 0.218. The third kappa shape index (κ3) is 1.96. The van der Waals surface area contributed by atoms with Gasteiger partial charge in [-0.15, -0.1) is 0 Å². The van der Waals surface area contributed by atoms with Gasteiger partial charge in [0.05, 0.1) is 6.04 Å². The summed E-state index contributed by atoms with van der Waals surface area (Å²) in [4.78, 5) is 12.2. The van der Waals surface area contributed by atoms with Gasteiger partial charge in [0.2, 0.25) is 12.2 Å². The topological polar surface area (TPSA) is 59.5 Å². The van der Waals surface area contributed by atoms with Gasteiger partial charge in [0, 0.05) is 21.5 Å². The molecule has 1 aliphatic carbocycles. The minimum Gasteiger partial charge on any atom is -0.758 e. The van der Waals surface area contributed by atoms with Crippen molar-refractivity contribution in [2.45, 2.75) is 37.8 Å². The Balaban J connectivity index is 1.78. The molecule has 4 rings (SSSR count). The number of nitrogens with zero attached hydrogens (tertiary/aromatic N) is 2. The number of rotatable bonds is 1. The summed E-state index contributed by atoms with van der Waals surface area (Å²) in [5.74, 6) is 0.469. The lowest BCUT2D eigenvalue weighted by Gasteiger charge is -2.43. The highest BCUT2D eigenvalue weighted by atomic mass is 16.5. The highest BCUT2D eigenvalue weighted by Crippen LogP contribution is 2.36. The quantitative estimate of drug-likeness (QED) is 0.750. The number of fused-ring (bicyclic) bond motifs is 2. The van der Waals surface area contributed by atoms with Crippen molar-refractivity contribution in [1.29, 1.82) is 0 Å². The smallest absolute Gasteiger partial charge is 0.247 e. The van der Waals surface area contributed by atoms with Crippen molar-refractivity contribution < 1.29 is 9.18 Å². The maximum absolute atomic E-state index is 12.6. The van der Waals surface area contributed by atoms with Crippen molar-refractivity contribution >= 4 is 16.7 Å². The lowest BCUT2D eigenvalue weighted by atomic mass is 9.88. The number of hydroxylamine groups is 2. The fraction of sp³-hybridized carbons (Fsp3) is 0.375. The predicted octanol–water partition coefficient (Wildman–Crippen LogP) is 3.63. The van der Waals surface area contributed by atoms with E-state index in [1.165, 1.54) is 6.20 Å². The Hall–Kier alpha value is -2.14. The summed E-state index contributed by atoms with van der Waals surface area (Å²) in [5.41, 5.74) is 1.06. The molecule has 5 heteroatoms. The number of hydrogen-bond donors (Lipinski definition) is 0. The Morgan fingerprint density at radius 3 is 2.90 bits per heavy atom. The van der Waals surface area contributed by atoms with E-state index in [2.05, 4.69) is 0 Å². The highest BCUT2D eigenvalue weighted by Gasteiger charge is 2.42. The first-order chi connectivity index (χ1) is 10.2. The number of hydrogen-bond acceptors (Lipinski definition) is 4. The maximum Gasteiger partial charge on any atom is 0.247 e. The van der Waals surface area contributed by atoms with E-state index >= 15 is 0 Å². The molecule has 0 N–H and O–H groups in total. The molecule has 0 unspecified atom stereocenters. The molecule has 1 saturated carbocycles. The molecular formula is C16H16N2O3. The Bertz CT molecular complexity index is 701. The van der Waals surface area contributed by atoms with E-state index in [0.717, 1.165) is 46.5 Å². The fourth-order valence-corrected chi connectivity index (χ4v) is 3.39. The summed E-state index contributed by atoms with van der Waals surface area (Å²) in [5, 5.41) is 14.5. The third-order valence-electron chi connectivity index (χ3n) is 4.49. The summed E-state index contributed by atoms with van der Waals surface area (Å²) in [6.07, 6.45) is 4.96. The van der Waals surface area contributed by atoms with E-state index in [0.29, 0.717) is 11.5 Å². The molecule has 5 nitrogen and oxygen atoms in total. The van der Waals surface area contributed by atoms with Crippen molar-refractivity contribution in [3.05, 3.63) is 52.4 Å². The molecule has 1 fully saturated rings. The molecule has 1 aliphatic heterocycles. The van der Waals surface area contributed by atoms with Crippen LogP contribution in [0.1, 0.15) is 31.4 Å². The summed E-state index contributed by atoms with van der Waals surface area (Å²) < 4.78 is 6.68. The van der Waals surface area contributed by atoms with Crippen LogP contribution in [0.15, 0.2) is 40.9 Å². The van der Waals surface area contributed by atoms with E-state index < -0.39 is 0 Å². The average Bonchev–Trinajstić information content (AvgIpc) is 2.94. The monoisotopic (exact) mass is 284 g/mol. The van der Waals surface area contributed by atoms with Gasteiger partial charge in [-0.2, -0.15) is 0 Å². The Kier molecular flexibility index (Phi) is 2.82. The molecule has 0 saturated heterocycles. The standard InChI is InChI=1S/C16H16N2O3/c19-17-10-14(18(20)13-7-3-2-6-12(13)17)16-9-11-5-1-4-8-15(11)21-16/h1,4-5,8-10,12-13H,2-3,6-7H2/t12-,13+/m1/s1. The van der Waals surface area contributed by atoms with Gasteiger partial charge >= 0.3 is 0 Å². The first-order valence-corrected chi connectivity index (χ1v) is 7.36. The van der Waals surface area contributed by atoms with Gasteiger partial charge in [-0.05, 0) is 25.0 Å². The lowest BCUT2D eigenvalue weighted by molar-refractivity contribution is -0.536. The van der Waals surface area contributed by atoms with Gasteiger partial charge in [-0.3, -0.25) is 0 Å². The van der Waals surface area contributed by atoms with Crippen LogP contribution in [0.3, 0.4) is 0 Å². The Labute approximate surface area is 122 Å². The highest BCUT2D eigenvalue weighted by molar-refractivity contribution is 5.81. The van der Waals surface area contributed by atoms with E-state index in [4.69, 9.17) is 4.42 Å². The van der Waals surface area contributed by atoms with Crippen LogP contribution in [0, 0.1) is 10.1 Å². The molecule has 1 aromatic heterocycles. The lowest BCUT2D eigenvalue weighted by Crippen LogP contribution is -2.49. The van der Waals surface area contributed by atoms with Crippen LogP contribution in [0.25, 0.3) is 16.7 Å². The molecular weight excluding hydrogens is 268 g/mol. The largest absolute Gasteiger partial charge is 0.758 e. The predicted molar refractivity (Wildman–Crippen MR) is 79.1 cm³/mol. The first kappa shape index (κ1) is 12.6. The third-order valence-corrected chi connectivity index (χ3v) is 4.49. The van der Waals surface area contributed by atoms with E-state index in [-0.39, 0.29) is 12.1 Å². The first-order valence-electron chi connectivity index (χ1n) is 7.36. The molecule has 1 aromatic carbocycles. The van der Waals surface area contributed by atoms with Crippen LogP contribution in [-0.2, 0) is 0 Å². The van der Waals surface area contributed by atoms with Gasteiger partial charge in [-0.1, -0.05) is 24.6 Å². The zero-order valence-electron chi connectivity index (χ0n) is 11.6. The van der Waals surface area contributed by atoms with Crippen LogP contribution < -0.4 is 0 Å². The molecule has 0 amide bonds. The van der Waals surface area contributed by atoms with Crippen molar-refractivity contribution in [2.75, 3.05) is 0 Å². The van der Waals surface area contributed by atoms with Crippen molar-refractivity contribution in [3.63, 3.8) is 0 Å². The summed E-state index contributed by atoms with van der Waals surface area (Å²) in [7, 11) is 0. The second-order valence-corrected chi connectivity index (χ2v) is 5.77. The van der Waals surface area contributed by atoms with E-state index in [9.17, 15) is 10.1 Å². The van der Waals surface area contributed by atoms with E-state index in [1.807, 2.05) is 30.3 Å². The number of furan rings is 1. The van der Waals surface area contributed by atoms with Gasteiger partial charge in [0.1, 0.15) is 11.3 Å². The molecule has 0 bridgehead atoms. The maximum atomic E-state index is 12.6. The second-order valence-electron chi connectivity index (χ2n) is 5.77. The molecule has 21 heavy (non-hydrogen) atoms. The van der Waals surface area contributed by atoms with Gasteiger partial charge in [0.25, 0.3) is 0 Å². The summed E-state index contributed by atoms with van der Waals surface area (Å²) in [6, 6.07) is 8.94. The van der Waals surface area contributed by atoms with Gasteiger partial charge in [-0.25, -0.2) is 0 Å². The van der Waals surface area contributed by atoms with Crippen molar-refractivity contribution in [2.24, 2.45) is 0 Å². The van der Waals surface area contributed by atoms with Crippen LogP contribution in [0.5, 0.6) is 0 Å². The second kappa shape index (κ2) is 4.70. The minimum atomic E-state index is -0.260.